The molecule has 0 N–H and O–H groups in total. The third kappa shape index (κ3) is 3.57. The number of carbonyl (C=O) groups excluding carboxylic acids is 1. The van der Waals surface area contributed by atoms with E-state index in [0.717, 1.165) is 32.7 Å². The average Bonchev–Trinajstić information content (AvgIpc) is 2.40. The van der Waals surface area contributed by atoms with Gasteiger partial charge in [0.1, 0.15) is 5.78 Å². The van der Waals surface area contributed by atoms with Gasteiger partial charge in [0, 0.05) is 43.8 Å². The van der Waals surface area contributed by atoms with Gasteiger partial charge in [-0.25, -0.2) is 0 Å². The first-order chi connectivity index (χ1) is 8.99. The van der Waals surface area contributed by atoms with Crippen molar-refractivity contribution in [3.63, 3.8) is 0 Å². The molecule has 3 heteroatoms. The monoisotopic (exact) mass is 260 g/mol. The maximum absolute atomic E-state index is 11.6. The molecule has 0 aliphatic carbocycles. The van der Waals surface area contributed by atoms with Crippen molar-refractivity contribution in [2.45, 2.75) is 20.8 Å². The first-order valence-corrected chi connectivity index (χ1v) is 7.02. The van der Waals surface area contributed by atoms with Gasteiger partial charge in [0.25, 0.3) is 0 Å². The number of hydrogen-bond acceptors (Lipinski definition) is 3. The maximum Gasteiger partial charge on any atom is 0.136 e. The zero-order valence-corrected chi connectivity index (χ0v) is 12.2. The number of nitrogens with zero attached hydrogens (tertiary/aromatic N) is 2. The van der Waals surface area contributed by atoms with Crippen molar-refractivity contribution in [3.05, 3.63) is 30.3 Å². The van der Waals surface area contributed by atoms with E-state index >= 15 is 0 Å². The number of Topliss-reactive ketones (excluding diaryl/α,β-unsaturated/α-hetero) is 1. The molecule has 1 heterocycles. The zero-order chi connectivity index (χ0) is 13.9. The Kier molecular flexibility index (Phi) is 4.25. The van der Waals surface area contributed by atoms with Crippen molar-refractivity contribution >= 4 is 11.5 Å². The Balaban J connectivity index is 1.88. The lowest BCUT2D eigenvalue weighted by molar-refractivity contribution is -0.125. The molecule has 0 bridgehead atoms. The molecule has 19 heavy (non-hydrogen) atoms. The number of ketones is 1. The van der Waals surface area contributed by atoms with E-state index in [1.54, 1.807) is 6.92 Å². The number of carbonyl (C=O) groups is 1. The standard InChI is InChI=1S/C16H24N2O/c1-14(19)16(2,3)13-17-9-11-18(12-10-17)15-7-5-4-6-8-15/h4-8H,9-13H2,1-3H3. The number of rotatable bonds is 4. The molecule has 1 saturated heterocycles. The summed E-state index contributed by atoms with van der Waals surface area (Å²) in [5.74, 6) is 0.276. The van der Waals surface area contributed by atoms with E-state index in [9.17, 15) is 4.79 Å². The Labute approximate surface area is 116 Å². The van der Waals surface area contributed by atoms with Crippen LogP contribution in [-0.2, 0) is 4.79 Å². The molecule has 0 spiro atoms. The minimum absolute atomic E-state index is 0.227. The van der Waals surface area contributed by atoms with Crippen LogP contribution in [0.5, 0.6) is 0 Å². The van der Waals surface area contributed by atoms with E-state index < -0.39 is 0 Å². The second kappa shape index (κ2) is 5.74. The third-order valence-electron chi connectivity index (χ3n) is 4.07. The van der Waals surface area contributed by atoms with Crippen molar-refractivity contribution in [2.24, 2.45) is 5.41 Å². The van der Waals surface area contributed by atoms with E-state index in [2.05, 4.69) is 40.1 Å². The highest BCUT2D eigenvalue weighted by atomic mass is 16.1. The van der Waals surface area contributed by atoms with Gasteiger partial charge in [-0.3, -0.25) is 9.69 Å². The van der Waals surface area contributed by atoms with Crippen molar-refractivity contribution in [1.29, 1.82) is 0 Å². The number of benzene rings is 1. The smallest absolute Gasteiger partial charge is 0.136 e. The Morgan fingerprint density at radius 2 is 1.68 bits per heavy atom. The Morgan fingerprint density at radius 3 is 2.21 bits per heavy atom. The largest absolute Gasteiger partial charge is 0.369 e. The predicted molar refractivity (Wildman–Crippen MR) is 79.6 cm³/mol. The molecule has 3 nitrogen and oxygen atoms in total. The summed E-state index contributed by atoms with van der Waals surface area (Å²) in [6.07, 6.45) is 0. The molecule has 2 rings (SSSR count). The molecular weight excluding hydrogens is 236 g/mol. The van der Waals surface area contributed by atoms with Crippen LogP contribution in [0.3, 0.4) is 0 Å². The van der Waals surface area contributed by atoms with Gasteiger partial charge in [-0.2, -0.15) is 0 Å². The van der Waals surface area contributed by atoms with Crippen LogP contribution in [0.15, 0.2) is 30.3 Å². The number of piperazine rings is 1. The highest BCUT2D eigenvalue weighted by molar-refractivity contribution is 5.81. The molecule has 1 aliphatic heterocycles. The lowest BCUT2D eigenvalue weighted by Gasteiger charge is -2.39. The molecule has 0 aromatic heterocycles. The predicted octanol–water partition coefficient (Wildman–Crippen LogP) is 2.42. The summed E-state index contributed by atoms with van der Waals surface area (Å²) in [6.45, 7) is 10.8. The molecule has 1 fully saturated rings. The molecule has 0 amide bonds. The second-order valence-corrected chi connectivity index (χ2v) is 6.04. The molecule has 104 valence electrons. The topological polar surface area (TPSA) is 23.6 Å². The van der Waals surface area contributed by atoms with Crippen LogP contribution >= 0.6 is 0 Å². The quantitative estimate of drug-likeness (QED) is 0.830. The minimum atomic E-state index is -0.227. The number of para-hydroxylation sites is 1. The summed E-state index contributed by atoms with van der Waals surface area (Å²) in [5, 5.41) is 0. The van der Waals surface area contributed by atoms with Crippen LogP contribution in [-0.4, -0.2) is 43.4 Å². The molecule has 1 aromatic rings. The second-order valence-electron chi connectivity index (χ2n) is 6.04. The molecule has 1 aromatic carbocycles. The summed E-state index contributed by atoms with van der Waals surface area (Å²) in [5.41, 5.74) is 1.07. The fourth-order valence-corrected chi connectivity index (χ4v) is 2.47. The van der Waals surface area contributed by atoms with E-state index in [4.69, 9.17) is 0 Å². The summed E-state index contributed by atoms with van der Waals surface area (Å²) in [6, 6.07) is 10.5. The van der Waals surface area contributed by atoms with Gasteiger partial charge in [-0.05, 0) is 19.1 Å². The van der Waals surface area contributed by atoms with Crippen molar-refractivity contribution in [1.82, 2.24) is 4.90 Å². The fraction of sp³-hybridized carbons (Fsp3) is 0.562. The van der Waals surface area contributed by atoms with Gasteiger partial charge in [0.05, 0.1) is 0 Å². The van der Waals surface area contributed by atoms with Crippen LogP contribution in [0, 0.1) is 5.41 Å². The van der Waals surface area contributed by atoms with Crippen LogP contribution < -0.4 is 4.90 Å². The van der Waals surface area contributed by atoms with E-state index in [0.29, 0.717) is 0 Å². The molecular formula is C16H24N2O. The maximum atomic E-state index is 11.6. The molecule has 0 radical (unpaired) electrons. The first-order valence-electron chi connectivity index (χ1n) is 7.02. The van der Waals surface area contributed by atoms with Crippen molar-refractivity contribution in [2.75, 3.05) is 37.6 Å². The van der Waals surface area contributed by atoms with E-state index in [1.165, 1.54) is 5.69 Å². The Morgan fingerprint density at radius 1 is 1.11 bits per heavy atom. The lowest BCUT2D eigenvalue weighted by atomic mass is 9.88. The van der Waals surface area contributed by atoms with Crippen molar-refractivity contribution in [3.8, 4) is 0 Å². The van der Waals surface area contributed by atoms with Crippen LogP contribution in [0.25, 0.3) is 0 Å². The fourth-order valence-electron chi connectivity index (χ4n) is 2.47. The highest BCUT2D eigenvalue weighted by Gasteiger charge is 2.28. The van der Waals surface area contributed by atoms with E-state index in [1.807, 2.05) is 13.8 Å². The summed E-state index contributed by atoms with van der Waals surface area (Å²) < 4.78 is 0. The average molecular weight is 260 g/mol. The van der Waals surface area contributed by atoms with Gasteiger partial charge >= 0.3 is 0 Å². The van der Waals surface area contributed by atoms with Crippen LogP contribution in [0.4, 0.5) is 5.69 Å². The number of anilines is 1. The Bertz CT molecular complexity index is 420. The van der Waals surface area contributed by atoms with Crippen LogP contribution in [0.1, 0.15) is 20.8 Å². The van der Waals surface area contributed by atoms with Gasteiger partial charge in [0.2, 0.25) is 0 Å². The molecule has 0 unspecified atom stereocenters. The summed E-state index contributed by atoms with van der Waals surface area (Å²) in [7, 11) is 0. The summed E-state index contributed by atoms with van der Waals surface area (Å²) >= 11 is 0. The van der Waals surface area contributed by atoms with Gasteiger partial charge in [-0.15, -0.1) is 0 Å². The SMILES string of the molecule is CC(=O)C(C)(C)CN1CCN(c2ccccc2)CC1. The third-order valence-corrected chi connectivity index (χ3v) is 4.07. The Hall–Kier alpha value is -1.35. The normalized spacial score (nSPS) is 17.5. The minimum Gasteiger partial charge on any atom is -0.369 e. The van der Waals surface area contributed by atoms with Gasteiger partial charge in [0.15, 0.2) is 0 Å². The van der Waals surface area contributed by atoms with E-state index in [-0.39, 0.29) is 11.2 Å². The first kappa shape index (κ1) is 14.1. The molecule has 0 saturated carbocycles. The molecule has 0 atom stereocenters. The lowest BCUT2D eigenvalue weighted by Crippen LogP contribution is -2.50. The van der Waals surface area contributed by atoms with Gasteiger partial charge < -0.3 is 4.90 Å². The molecule has 1 aliphatic rings. The van der Waals surface area contributed by atoms with Crippen LogP contribution in [0.2, 0.25) is 0 Å². The zero-order valence-electron chi connectivity index (χ0n) is 12.2. The number of hydrogen-bond donors (Lipinski definition) is 0. The highest BCUT2D eigenvalue weighted by Crippen LogP contribution is 2.21. The summed E-state index contributed by atoms with van der Waals surface area (Å²) in [4.78, 5) is 16.4. The van der Waals surface area contributed by atoms with Gasteiger partial charge in [-0.1, -0.05) is 32.0 Å². The van der Waals surface area contributed by atoms with Crippen molar-refractivity contribution < 1.29 is 4.79 Å².